The summed E-state index contributed by atoms with van der Waals surface area (Å²) in [6.45, 7) is 2.61. The third-order valence-electron chi connectivity index (χ3n) is 5.33. The van der Waals surface area contributed by atoms with Crippen molar-refractivity contribution in [2.45, 2.75) is 19.5 Å². The zero-order chi connectivity index (χ0) is 21.5. The molecule has 0 bridgehead atoms. The van der Waals surface area contributed by atoms with E-state index in [-0.39, 0.29) is 17.9 Å². The summed E-state index contributed by atoms with van der Waals surface area (Å²) in [4.78, 5) is 25.7. The fourth-order valence-electron chi connectivity index (χ4n) is 3.32. The van der Waals surface area contributed by atoms with Crippen LogP contribution in [0.25, 0.3) is 11.1 Å². The Hall–Kier alpha value is -3.44. The van der Waals surface area contributed by atoms with Crippen molar-refractivity contribution >= 4 is 17.5 Å². The SMILES string of the molecule is CNC(=O)c1ccc(C[NH+](C)[C@H](C)C(=O)Nc2ccccc2-c2ccccc2)cc1. The quantitative estimate of drug-likeness (QED) is 0.569. The van der Waals surface area contributed by atoms with Crippen molar-refractivity contribution in [1.29, 1.82) is 0 Å². The third kappa shape index (κ3) is 5.13. The van der Waals surface area contributed by atoms with E-state index in [2.05, 4.69) is 10.6 Å². The molecule has 2 amide bonds. The van der Waals surface area contributed by atoms with Crippen LogP contribution in [0.4, 0.5) is 5.69 Å². The lowest BCUT2D eigenvalue weighted by molar-refractivity contribution is -0.907. The van der Waals surface area contributed by atoms with Gasteiger partial charge in [0.2, 0.25) is 0 Å². The number of para-hydroxylation sites is 1. The minimum Gasteiger partial charge on any atom is -0.355 e. The van der Waals surface area contributed by atoms with Crippen LogP contribution in [0.1, 0.15) is 22.8 Å². The predicted molar refractivity (Wildman–Crippen MR) is 120 cm³/mol. The summed E-state index contributed by atoms with van der Waals surface area (Å²) in [6.07, 6.45) is 0. The van der Waals surface area contributed by atoms with Gasteiger partial charge >= 0.3 is 0 Å². The maximum Gasteiger partial charge on any atom is 0.282 e. The Kier molecular flexibility index (Phi) is 6.99. The van der Waals surface area contributed by atoms with Gasteiger partial charge in [0.05, 0.1) is 7.05 Å². The molecule has 0 aliphatic rings. The number of rotatable bonds is 7. The number of carbonyl (C=O) groups excluding carboxylic acids is 2. The highest BCUT2D eigenvalue weighted by atomic mass is 16.2. The molecular formula is C25H28N3O2+. The molecule has 0 radical (unpaired) electrons. The van der Waals surface area contributed by atoms with Gasteiger partial charge < -0.3 is 15.5 Å². The second-order valence-corrected chi connectivity index (χ2v) is 7.42. The van der Waals surface area contributed by atoms with Crippen molar-refractivity contribution in [1.82, 2.24) is 5.32 Å². The summed E-state index contributed by atoms with van der Waals surface area (Å²) in [5.41, 5.74) is 4.58. The summed E-state index contributed by atoms with van der Waals surface area (Å²) < 4.78 is 0. The number of carbonyl (C=O) groups is 2. The van der Waals surface area contributed by atoms with Gasteiger partial charge in [0, 0.05) is 29.4 Å². The molecule has 2 atom stereocenters. The van der Waals surface area contributed by atoms with Gasteiger partial charge in [-0.25, -0.2) is 0 Å². The van der Waals surface area contributed by atoms with Crippen molar-refractivity contribution in [3.05, 3.63) is 90.0 Å². The van der Waals surface area contributed by atoms with E-state index in [4.69, 9.17) is 0 Å². The van der Waals surface area contributed by atoms with Gasteiger partial charge in [-0.1, -0.05) is 60.7 Å². The van der Waals surface area contributed by atoms with E-state index < -0.39 is 0 Å². The molecule has 30 heavy (non-hydrogen) atoms. The van der Waals surface area contributed by atoms with E-state index in [1.165, 1.54) is 0 Å². The number of amides is 2. The summed E-state index contributed by atoms with van der Waals surface area (Å²) in [5.74, 6) is -0.134. The van der Waals surface area contributed by atoms with E-state index in [9.17, 15) is 9.59 Å². The van der Waals surface area contributed by atoms with Gasteiger partial charge in [-0.05, 0) is 30.7 Å². The average Bonchev–Trinajstić information content (AvgIpc) is 2.79. The molecular weight excluding hydrogens is 374 g/mol. The first-order valence-electron chi connectivity index (χ1n) is 10.1. The molecule has 0 aliphatic carbocycles. The van der Waals surface area contributed by atoms with Gasteiger partial charge in [-0.15, -0.1) is 0 Å². The normalized spacial score (nSPS) is 12.6. The molecule has 1 unspecified atom stereocenters. The molecule has 3 aromatic carbocycles. The molecule has 3 rings (SSSR count). The highest BCUT2D eigenvalue weighted by Crippen LogP contribution is 2.27. The molecule has 0 heterocycles. The zero-order valence-corrected chi connectivity index (χ0v) is 17.6. The van der Waals surface area contributed by atoms with Crippen molar-refractivity contribution in [2.75, 3.05) is 19.4 Å². The monoisotopic (exact) mass is 402 g/mol. The predicted octanol–water partition coefficient (Wildman–Crippen LogP) is 2.76. The number of nitrogens with one attached hydrogen (secondary N) is 3. The smallest absolute Gasteiger partial charge is 0.282 e. The van der Waals surface area contributed by atoms with Gasteiger partial charge in [0.1, 0.15) is 6.54 Å². The molecule has 0 saturated carbocycles. The second-order valence-electron chi connectivity index (χ2n) is 7.42. The summed E-state index contributed by atoms with van der Waals surface area (Å²) in [6, 6.07) is 25.1. The zero-order valence-electron chi connectivity index (χ0n) is 17.6. The topological polar surface area (TPSA) is 62.6 Å². The fraction of sp³-hybridized carbons (Fsp3) is 0.200. The summed E-state index contributed by atoms with van der Waals surface area (Å²) in [7, 11) is 3.62. The van der Waals surface area contributed by atoms with Crippen LogP contribution in [0.15, 0.2) is 78.9 Å². The fourth-order valence-corrected chi connectivity index (χ4v) is 3.32. The largest absolute Gasteiger partial charge is 0.355 e. The number of likely N-dealkylation sites (N-methyl/N-ethyl adjacent to an activating group) is 1. The number of anilines is 1. The van der Waals surface area contributed by atoms with Crippen LogP contribution in [0.3, 0.4) is 0 Å². The molecule has 3 N–H and O–H groups in total. The molecule has 5 heteroatoms. The highest BCUT2D eigenvalue weighted by molar-refractivity contribution is 5.97. The van der Waals surface area contributed by atoms with E-state index in [0.717, 1.165) is 27.3 Å². The van der Waals surface area contributed by atoms with E-state index in [1.807, 2.05) is 92.8 Å². The average molecular weight is 403 g/mol. The molecule has 5 nitrogen and oxygen atoms in total. The maximum absolute atomic E-state index is 12.9. The van der Waals surface area contributed by atoms with Crippen molar-refractivity contribution in [2.24, 2.45) is 0 Å². The molecule has 0 aliphatic heterocycles. The number of hydrogen-bond acceptors (Lipinski definition) is 2. The lowest BCUT2D eigenvalue weighted by Crippen LogP contribution is -3.12. The second kappa shape index (κ2) is 9.85. The van der Waals surface area contributed by atoms with Crippen LogP contribution in [-0.2, 0) is 11.3 Å². The Morgan fingerprint density at radius 3 is 2.20 bits per heavy atom. The molecule has 0 fully saturated rings. The number of hydrogen-bond donors (Lipinski definition) is 3. The van der Waals surface area contributed by atoms with E-state index >= 15 is 0 Å². The molecule has 0 spiro atoms. The highest BCUT2D eigenvalue weighted by Gasteiger charge is 2.23. The van der Waals surface area contributed by atoms with Crippen LogP contribution in [-0.4, -0.2) is 32.0 Å². The van der Waals surface area contributed by atoms with Crippen LogP contribution < -0.4 is 15.5 Å². The molecule has 3 aromatic rings. The number of quaternary nitrogens is 1. The minimum absolute atomic E-state index is 0.0298. The van der Waals surface area contributed by atoms with E-state index in [0.29, 0.717) is 12.1 Å². The van der Waals surface area contributed by atoms with Crippen LogP contribution >= 0.6 is 0 Å². The Morgan fingerprint density at radius 1 is 0.900 bits per heavy atom. The Bertz CT molecular complexity index is 1000. The summed E-state index contributed by atoms with van der Waals surface area (Å²) in [5, 5.41) is 5.71. The first kappa shape index (κ1) is 21.3. The lowest BCUT2D eigenvalue weighted by atomic mass is 10.0. The Labute approximate surface area is 177 Å². The summed E-state index contributed by atoms with van der Waals surface area (Å²) >= 11 is 0. The first-order chi connectivity index (χ1) is 14.5. The van der Waals surface area contributed by atoms with Crippen molar-refractivity contribution in [3.8, 4) is 11.1 Å². The third-order valence-corrected chi connectivity index (χ3v) is 5.33. The number of benzene rings is 3. The molecule has 154 valence electrons. The Morgan fingerprint density at radius 2 is 1.53 bits per heavy atom. The van der Waals surface area contributed by atoms with Crippen LogP contribution in [0.5, 0.6) is 0 Å². The minimum atomic E-state index is -0.243. The van der Waals surface area contributed by atoms with Crippen molar-refractivity contribution in [3.63, 3.8) is 0 Å². The van der Waals surface area contributed by atoms with Crippen molar-refractivity contribution < 1.29 is 14.5 Å². The standard InChI is InChI=1S/C25H27N3O2/c1-18(28(3)17-19-13-15-21(16-14-19)25(30)26-2)24(29)27-23-12-8-7-11-22(23)20-9-5-4-6-10-20/h4-16,18H,17H2,1-3H3,(H,26,30)(H,27,29)/p+1/t18-/m1/s1. The van der Waals surface area contributed by atoms with Gasteiger partial charge in [0.25, 0.3) is 11.8 Å². The maximum atomic E-state index is 12.9. The van der Waals surface area contributed by atoms with E-state index in [1.54, 1.807) is 7.05 Å². The lowest BCUT2D eigenvalue weighted by Gasteiger charge is -2.22. The Balaban J connectivity index is 1.67. The molecule has 0 saturated heterocycles. The van der Waals surface area contributed by atoms with Gasteiger partial charge in [0.15, 0.2) is 6.04 Å². The molecule has 0 aromatic heterocycles. The first-order valence-corrected chi connectivity index (χ1v) is 10.1. The van der Waals surface area contributed by atoms with Crippen LogP contribution in [0.2, 0.25) is 0 Å². The van der Waals surface area contributed by atoms with Gasteiger partial charge in [-0.2, -0.15) is 0 Å². The van der Waals surface area contributed by atoms with Gasteiger partial charge in [-0.3, -0.25) is 9.59 Å². The van der Waals surface area contributed by atoms with Crippen LogP contribution in [0, 0.1) is 0 Å².